The quantitative estimate of drug-likeness (QED) is 0.281. The van der Waals surface area contributed by atoms with Gasteiger partial charge in [-0.1, -0.05) is 77.6 Å². The largest absolute Gasteiger partial charge is 2.00 e. The number of rotatable bonds is 5. The van der Waals surface area contributed by atoms with Crippen LogP contribution < -0.4 is 10.2 Å². The molecule has 0 aliphatic carbocycles. The minimum atomic E-state index is -0.134. The third-order valence-corrected chi connectivity index (χ3v) is 4.64. The molecule has 8 nitrogen and oxygen atoms in total. The molecule has 2 aromatic rings. The van der Waals surface area contributed by atoms with Gasteiger partial charge in [-0.05, 0) is 42.4 Å². The summed E-state index contributed by atoms with van der Waals surface area (Å²) < 4.78 is 0.792. The summed E-state index contributed by atoms with van der Waals surface area (Å²) in [6.45, 7) is 5.69. The van der Waals surface area contributed by atoms with Crippen molar-refractivity contribution in [3.63, 3.8) is 0 Å². The number of halogens is 1. The molecule has 0 unspecified atom stereocenters. The van der Waals surface area contributed by atoms with Crippen molar-refractivity contribution < 1.29 is 57.4 Å². The maximum absolute atomic E-state index is 11.7. The number of amidine groups is 1. The van der Waals surface area contributed by atoms with Crippen LogP contribution in [0, 0.1) is 31.1 Å². The summed E-state index contributed by atoms with van der Waals surface area (Å²) in [5.41, 5.74) is 0.919. The summed E-state index contributed by atoms with van der Waals surface area (Å²) in [5, 5.41) is 40.1. The van der Waals surface area contributed by atoms with E-state index in [4.69, 9.17) is 5.11 Å². The van der Waals surface area contributed by atoms with Crippen LogP contribution in [0.5, 0.6) is 11.5 Å². The number of nitrogens with zero attached hydrogens (tertiary/aromatic N) is 3. The molecule has 0 radical (unpaired) electrons. The Morgan fingerprint density at radius 1 is 1.06 bits per heavy atom. The van der Waals surface area contributed by atoms with Gasteiger partial charge < -0.3 is 26.3 Å². The van der Waals surface area contributed by atoms with Gasteiger partial charge in [0.25, 0.3) is 0 Å². The zero-order chi connectivity index (χ0) is 21.6. The summed E-state index contributed by atoms with van der Waals surface area (Å²) in [7, 11) is 0. The van der Waals surface area contributed by atoms with Crippen molar-refractivity contribution >= 4 is 45.3 Å². The molecule has 176 valence electrons. The monoisotopic (exact) mass is 747 g/mol. The SMILES string of the molecule is CCSC(/N=C/c1ccccc1[O-])=N/N=C/c1cc(Br)ccc1[O-].CC[C@H](C)O.[O-2].[O-2].[U]. The van der Waals surface area contributed by atoms with Crippen LogP contribution >= 0.6 is 27.7 Å². The number of benzene rings is 2. The predicted molar refractivity (Wildman–Crippen MR) is 124 cm³/mol. The molecule has 32 heavy (non-hydrogen) atoms. The molecule has 11 heteroatoms. The van der Waals surface area contributed by atoms with Gasteiger partial charge in [-0.25, -0.2) is 4.99 Å². The van der Waals surface area contributed by atoms with Crippen molar-refractivity contribution in [1.82, 2.24) is 0 Å². The fourth-order valence-electron chi connectivity index (χ4n) is 1.69. The van der Waals surface area contributed by atoms with Gasteiger partial charge >= 0.3 is 0 Å². The van der Waals surface area contributed by atoms with E-state index >= 15 is 0 Å². The average Bonchev–Trinajstić information content (AvgIpc) is 2.70. The number of aliphatic hydroxyl groups excluding tert-OH is 1. The van der Waals surface area contributed by atoms with Crippen molar-refractivity contribution in [2.45, 2.75) is 33.3 Å². The molecular weight excluding hydrogens is 724 g/mol. The van der Waals surface area contributed by atoms with Crippen LogP contribution in [-0.4, -0.2) is 34.6 Å². The molecule has 2 aromatic carbocycles. The van der Waals surface area contributed by atoms with Gasteiger partial charge in [0.15, 0.2) is 0 Å². The Balaban J connectivity index is -0.000000949. The summed E-state index contributed by atoms with van der Waals surface area (Å²) in [6, 6.07) is 11.4. The maximum Gasteiger partial charge on any atom is 0.208 e. The number of hydrogen-bond donors (Lipinski definition) is 1. The van der Waals surface area contributed by atoms with Crippen LogP contribution in [0.2, 0.25) is 0 Å². The second-order valence-electron chi connectivity index (χ2n) is 5.80. The third kappa shape index (κ3) is 14.8. The first-order valence-electron chi connectivity index (χ1n) is 9.05. The van der Waals surface area contributed by atoms with E-state index in [2.05, 4.69) is 31.1 Å². The van der Waals surface area contributed by atoms with E-state index in [0.717, 1.165) is 16.6 Å². The molecule has 1 N–H and O–H groups in total. The van der Waals surface area contributed by atoms with Crippen molar-refractivity contribution in [1.29, 1.82) is 0 Å². The first kappa shape index (κ1) is 35.4. The van der Waals surface area contributed by atoms with E-state index < -0.39 is 0 Å². The summed E-state index contributed by atoms with van der Waals surface area (Å²) in [6.07, 6.45) is 3.60. The molecule has 2 rings (SSSR count). The maximum atomic E-state index is 11.7. The van der Waals surface area contributed by atoms with Gasteiger partial charge in [0.05, 0.1) is 12.3 Å². The summed E-state index contributed by atoms with van der Waals surface area (Å²) >= 11 is 4.70. The fourth-order valence-corrected chi connectivity index (χ4v) is 2.56. The van der Waals surface area contributed by atoms with E-state index in [1.54, 1.807) is 37.3 Å². The van der Waals surface area contributed by atoms with Crippen LogP contribution in [0.3, 0.4) is 0 Å². The van der Waals surface area contributed by atoms with E-state index in [1.165, 1.54) is 36.3 Å². The third-order valence-electron chi connectivity index (χ3n) is 3.41. The smallest absolute Gasteiger partial charge is 0.208 e. The van der Waals surface area contributed by atoms with E-state index in [9.17, 15) is 10.2 Å². The Bertz CT molecular complexity index is 867. The van der Waals surface area contributed by atoms with Gasteiger partial charge in [0.2, 0.25) is 5.17 Å². The Morgan fingerprint density at radius 2 is 1.66 bits per heavy atom. The zero-order valence-electron chi connectivity index (χ0n) is 17.9. The molecule has 0 saturated heterocycles. The Hall–Kier alpha value is -1.19. The van der Waals surface area contributed by atoms with E-state index in [1.807, 2.05) is 13.8 Å². The Kier molecular flexibility index (Phi) is 22.6. The van der Waals surface area contributed by atoms with Crippen molar-refractivity contribution in [2.24, 2.45) is 15.2 Å². The predicted octanol–water partition coefficient (Wildman–Crippen LogP) is 3.70. The molecule has 0 amide bonds. The first-order chi connectivity index (χ1) is 13.9. The van der Waals surface area contributed by atoms with Gasteiger partial charge in [0.1, 0.15) is 0 Å². The molecule has 0 aliphatic rings. The molecule has 0 heterocycles. The molecule has 0 aromatic heterocycles. The molecule has 0 saturated carbocycles. The number of aliphatic imine (C=N–C) groups is 1. The van der Waals surface area contributed by atoms with Gasteiger partial charge in [0, 0.05) is 41.8 Å². The Labute approximate surface area is 225 Å². The van der Waals surface area contributed by atoms with Gasteiger partial charge in [-0.3, -0.25) is 0 Å². The fraction of sp³-hybridized carbons (Fsp3) is 0.286. The molecular formula is C21H24BrN3O5SU-6. The summed E-state index contributed by atoms with van der Waals surface area (Å²) in [4.78, 5) is 4.20. The minimum absolute atomic E-state index is 0. The summed E-state index contributed by atoms with van der Waals surface area (Å²) in [5.74, 6) is 0.523. The van der Waals surface area contributed by atoms with Crippen LogP contribution in [0.4, 0.5) is 0 Å². The normalized spacial score (nSPS) is 11.6. The number of hydrogen-bond acceptors (Lipinski definition) is 6. The second-order valence-corrected chi connectivity index (χ2v) is 7.94. The van der Waals surface area contributed by atoms with Crippen LogP contribution in [0.1, 0.15) is 38.3 Å². The minimum Gasteiger partial charge on any atom is -2.00 e. The number of thioether (sulfide) groups is 1. The Morgan fingerprint density at radius 3 is 2.22 bits per heavy atom. The van der Waals surface area contributed by atoms with E-state index in [0.29, 0.717) is 16.3 Å². The molecule has 0 fully saturated rings. The van der Waals surface area contributed by atoms with Crippen molar-refractivity contribution in [3.05, 3.63) is 58.1 Å². The topological polar surface area (TPSA) is 160 Å². The van der Waals surface area contributed by atoms with E-state index in [-0.39, 0.29) is 59.7 Å². The molecule has 0 spiro atoms. The standard InChI is InChI=1S/C17H16BrN3O2S.C4H10O.2O.U/c1-2-24-17(19-10-12-5-3-4-6-15(12)22)21-20-11-13-9-14(18)7-8-16(13)23;1-3-4(2)5;;;/h3-11,22-23H,2H2,1H3;4-5H,3H2,1-2H3;;;/q;;2*-2;/p-2/b19-10+,20-11+,21-17+;;;;/t;4-;;;/m.0.../s1. The number of aliphatic hydroxyl groups is 1. The van der Waals surface area contributed by atoms with Crippen LogP contribution in [-0.2, 0) is 11.0 Å². The second kappa shape index (κ2) is 20.4. The average molecular weight is 748 g/mol. The van der Waals surface area contributed by atoms with Crippen LogP contribution in [0.15, 0.2) is 62.1 Å². The van der Waals surface area contributed by atoms with Crippen molar-refractivity contribution in [3.8, 4) is 11.5 Å². The van der Waals surface area contributed by atoms with Crippen molar-refractivity contribution in [2.75, 3.05) is 5.75 Å². The molecule has 0 aliphatic heterocycles. The first-order valence-corrected chi connectivity index (χ1v) is 10.8. The zero-order valence-corrected chi connectivity index (χ0v) is 24.5. The van der Waals surface area contributed by atoms with Crippen LogP contribution in [0.25, 0.3) is 0 Å². The number of para-hydroxylation sites is 1. The van der Waals surface area contributed by atoms with Gasteiger partial charge in [-0.2, -0.15) is 5.10 Å². The molecule has 1 atom stereocenters. The van der Waals surface area contributed by atoms with Gasteiger partial charge in [-0.15, -0.1) is 10.9 Å². The molecule has 0 bridgehead atoms.